The Morgan fingerprint density at radius 3 is 2.86 bits per heavy atom. The molecule has 1 aromatic heterocycles. The molecular weight excluding hydrogens is 214 g/mol. The van der Waals surface area contributed by atoms with Crippen LogP contribution < -0.4 is 5.32 Å². The van der Waals surface area contributed by atoms with E-state index in [0.717, 1.165) is 0 Å². The van der Waals surface area contributed by atoms with Gasteiger partial charge >= 0.3 is 0 Å². The topological polar surface area (TPSA) is 45.1 Å². The van der Waals surface area contributed by atoms with E-state index in [-0.39, 0.29) is 11.7 Å². The molecule has 14 heavy (non-hydrogen) atoms. The van der Waals surface area contributed by atoms with Crippen molar-refractivity contribution in [3.05, 3.63) is 23.5 Å². The highest BCUT2D eigenvalue weighted by Gasteiger charge is 2.15. The molecule has 0 aliphatic rings. The molecule has 2 N–H and O–H groups in total. The normalized spacial score (nSPS) is 12.9. The number of rotatable bonds is 4. The molecule has 0 aliphatic carbocycles. The zero-order valence-corrected chi connectivity index (χ0v) is 7.88. The summed E-state index contributed by atoms with van der Waals surface area (Å²) in [6, 6.07) is 3.06. The number of anilines is 1. The van der Waals surface area contributed by atoms with Gasteiger partial charge in [-0.15, -0.1) is 0 Å². The third-order valence-corrected chi connectivity index (χ3v) is 1.74. The second-order valence-corrected chi connectivity index (χ2v) is 3.04. The lowest BCUT2D eigenvalue weighted by Crippen LogP contribution is -2.26. The molecule has 0 amide bonds. The summed E-state index contributed by atoms with van der Waals surface area (Å²) in [6.45, 7) is -0.224. The van der Waals surface area contributed by atoms with Gasteiger partial charge in [-0.1, -0.05) is 11.6 Å². The van der Waals surface area contributed by atoms with E-state index in [4.69, 9.17) is 16.7 Å². The van der Waals surface area contributed by atoms with Crippen LogP contribution in [0.1, 0.15) is 0 Å². The second kappa shape index (κ2) is 5.07. The third-order valence-electron chi connectivity index (χ3n) is 1.53. The standard InChI is InChI=1S/C8H9ClF2N2O/c9-7-3-5(1-2-12-7)13-4-6(14)8(10)11/h1-3,6,8,14H,4H2,(H,12,13). The molecule has 3 nitrogen and oxygen atoms in total. The number of nitrogens with one attached hydrogen (secondary N) is 1. The van der Waals surface area contributed by atoms with E-state index >= 15 is 0 Å². The van der Waals surface area contributed by atoms with Crippen molar-refractivity contribution in [2.75, 3.05) is 11.9 Å². The average Bonchev–Trinajstić information content (AvgIpc) is 2.14. The number of hydrogen-bond donors (Lipinski definition) is 2. The van der Waals surface area contributed by atoms with E-state index in [0.29, 0.717) is 5.69 Å². The van der Waals surface area contributed by atoms with Gasteiger partial charge in [-0.05, 0) is 12.1 Å². The molecule has 78 valence electrons. The molecule has 0 spiro atoms. The summed E-state index contributed by atoms with van der Waals surface area (Å²) in [5.74, 6) is 0. The van der Waals surface area contributed by atoms with Gasteiger partial charge in [-0.3, -0.25) is 0 Å². The fraction of sp³-hybridized carbons (Fsp3) is 0.375. The first kappa shape index (κ1) is 11.1. The molecule has 1 aromatic rings. The summed E-state index contributed by atoms with van der Waals surface area (Å²) in [7, 11) is 0. The van der Waals surface area contributed by atoms with Crippen molar-refractivity contribution in [3.8, 4) is 0 Å². The van der Waals surface area contributed by atoms with Crippen molar-refractivity contribution in [3.63, 3.8) is 0 Å². The number of hydrogen-bond acceptors (Lipinski definition) is 3. The number of aliphatic hydroxyl groups is 1. The van der Waals surface area contributed by atoms with Crippen molar-refractivity contribution in [1.29, 1.82) is 0 Å². The Morgan fingerprint density at radius 2 is 2.29 bits per heavy atom. The van der Waals surface area contributed by atoms with Crippen molar-refractivity contribution in [2.24, 2.45) is 0 Å². The van der Waals surface area contributed by atoms with Crippen LogP contribution in [-0.2, 0) is 0 Å². The predicted molar refractivity (Wildman–Crippen MR) is 49.7 cm³/mol. The van der Waals surface area contributed by atoms with Gasteiger partial charge in [0.15, 0.2) is 0 Å². The van der Waals surface area contributed by atoms with E-state index in [9.17, 15) is 8.78 Å². The van der Waals surface area contributed by atoms with Crippen molar-refractivity contribution in [1.82, 2.24) is 4.98 Å². The van der Waals surface area contributed by atoms with Gasteiger partial charge in [0.1, 0.15) is 11.3 Å². The van der Waals surface area contributed by atoms with Crippen LogP contribution in [0.3, 0.4) is 0 Å². The van der Waals surface area contributed by atoms with Gasteiger partial charge in [-0.2, -0.15) is 0 Å². The highest BCUT2D eigenvalue weighted by Crippen LogP contribution is 2.12. The fourth-order valence-corrected chi connectivity index (χ4v) is 0.998. The van der Waals surface area contributed by atoms with E-state index < -0.39 is 12.5 Å². The van der Waals surface area contributed by atoms with Gasteiger partial charge in [0, 0.05) is 18.4 Å². The maximum Gasteiger partial charge on any atom is 0.265 e. The summed E-state index contributed by atoms with van der Waals surface area (Å²) in [5, 5.41) is 11.7. The average molecular weight is 223 g/mol. The molecule has 1 atom stereocenters. The van der Waals surface area contributed by atoms with E-state index in [2.05, 4.69) is 10.3 Å². The van der Waals surface area contributed by atoms with Crippen LogP contribution in [0.2, 0.25) is 5.15 Å². The van der Waals surface area contributed by atoms with Gasteiger partial charge in [0.2, 0.25) is 0 Å². The van der Waals surface area contributed by atoms with Gasteiger partial charge < -0.3 is 10.4 Å². The number of alkyl halides is 2. The molecule has 1 unspecified atom stereocenters. The zero-order valence-electron chi connectivity index (χ0n) is 7.12. The molecule has 0 radical (unpaired) electrons. The fourth-order valence-electron chi connectivity index (χ4n) is 0.824. The van der Waals surface area contributed by atoms with Crippen molar-refractivity contribution in [2.45, 2.75) is 12.5 Å². The molecule has 0 aliphatic heterocycles. The predicted octanol–water partition coefficient (Wildman–Crippen LogP) is 1.77. The summed E-state index contributed by atoms with van der Waals surface area (Å²) < 4.78 is 23.8. The molecule has 6 heteroatoms. The Balaban J connectivity index is 2.45. The minimum absolute atomic E-state index is 0.224. The highest BCUT2D eigenvalue weighted by molar-refractivity contribution is 6.29. The lowest BCUT2D eigenvalue weighted by Gasteiger charge is -2.11. The molecule has 0 aromatic carbocycles. The second-order valence-electron chi connectivity index (χ2n) is 2.65. The van der Waals surface area contributed by atoms with Gasteiger partial charge in [-0.25, -0.2) is 13.8 Å². The number of aromatic nitrogens is 1. The van der Waals surface area contributed by atoms with Crippen LogP contribution in [0.15, 0.2) is 18.3 Å². The summed E-state index contributed by atoms with van der Waals surface area (Å²) in [4.78, 5) is 3.72. The first-order chi connectivity index (χ1) is 6.59. The Hall–Kier alpha value is -0.940. The molecule has 0 saturated heterocycles. The molecule has 1 heterocycles. The van der Waals surface area contributed by atoms with Crippen LogP contribution in [0, 0.1) is 0 Å². The Bertz CT molecular complexity index is 298. The number of aliphatic hydroxyl groups excluding tert-OH is 1. The van der Waals surface area contributed by atoms with Crippen LogP contribution in [0.5, 0.6) is 0 Å². The summed E-state index contributed by atoms with van der Waals surface area (Å²) in [6.07, 6.45) is -2.99. The molecule has 0 saturated carbocycles. The summed E-state index contributed by atoms with van der Waals surface area (Å²) in [5.41, 5.74) is 0.546. The Labute approximate surface area is 84.7 Å². The monoisotopic (exact) mass is 222 g/mol. The van der Waals surface area contributed by atoms with E-state index in [1.54, 1.807) is 6.07 Å². The maximum absolute atomic E-state index is 11.9. The highest BCUT2D eigenvalue weighted by atomic mass is 35.5. The summed E-state index contributed by atoms with van der Waals surface area (Å²) >= 11 is 5.56. The third kappa shape index (κ3) is 3.43. The van der Waals surface area contributed by atoms with Gasteiger partial charge in [0.05, 0.1) is 0 Å². The maximum atomic E-state index is 11.9. The first-order valence-corrected chi connectivity index (χ1v) is 4.29. The molecule has 1 rings (SSSR count). The largest absolute Gasteiger partial charge is 0.385 e. The Kier molecular flexibility index (Phi) is 4.03. The minimum Gasteiger partial charge on any atom is -0.385 e. The molecule has 0 fully saturated rings. The van der Waals surface area contributed by atoms with Crippen LogP contribution in [0.25, 0.3) is 0 Å². The molecule has 0 bridgehead atoms. The van der Waals surface area contributed by atoms with Crippen molar-refractivity contribution >= 4 is 17.3 Å². The first-order valence-electron chi connectivity index (χ1n) is 3.91. The Morgan fingerprint density at radius 1 is 1.57 bits per heavy atom. The lowest BCUT2D eigenvalue weighted by atomic mass is 10.3. The number of halogens is 3. The molecular formula is C8H9ClF2N2O. The van der Waals surface area contributed by atoms with Crippen LogP contribution in [0.4, 0.5) is 14.5 Å². The quantitative estimate of drug-likeness (QED) is 0.764. The SMILES string of the molecule is OC(CNc1ccnc(Cl)c1)C(F)F. The smallest absolute Gasteiger partial charge is 0.265 e. The van der Waals surface area contributed by atoms with E-state index in [1.165, 1.54) is 12.3 Å². The zero-order chi connectivity index (χ0) is 10.6. The van der Waals surface area contributed by atoms with Crippen molar-refractivity contribution < 1.29 is 13.9 Å². The number of pyridine rings is 1. The lowest BCUT2D eigenvalue weighted by molar-refractivity contribution is 0.00384. The van der Waals surface area contributed by atoms with Crippen LogP contribution in [-0.4, -0.2) is 29.2 Å². The van der Waals surface area contributed by atoms with E-state index in [1.807, 2.05) is 0 Å². The van der Waals surface area contributed by atoms with Gasteiger partial charge in [0.25, 0.3) is 6.43 Å². The van der Waals surface area contributed by atoms with Crippen LogP contribution >= 0.6 is 11.6 Å². The minimum atomic E-state index is -2.75. The number of nitrogens with zero attached hydrogens (tertiary/aromatic N) is 1.